The van der Waals surface area contributed by atoms with Crippen molar-refractivity contribution in [2.75, 3.05) is 33.2 Å². The van der Waals surface area contributed by atoms with Gasteiger partial charge in [-0.2, -0.15) is 11.3 Å². The molecule has 0 spiro atoms. The summed E-state index contributed by atoms with van der Waals surface area (Å²) in [7, 11) is 1.57. The minimum Gasteiger partial charge on any atom is -0.359 e. The van der Waals surface area contributed by atoms with Gasteiger partial charge < -0.3 is 15.1 Å². The normalized spacial score (nSPS) is 18.7. The summed E-state index contributed by atoms with van der Waals surface area (Å²) in [6.07, 6.45) is 0.337. The first-order valence-corrected chi connectivity index (χ1v) is 8.21. The minimum absolute atomic E-state index is 0.00212. The molecule has 2 rings (SSSR count). The topological polar surface area (TPSA) is 69.7 Å². The maximum Gasteiger partial charge on any atom is 0.227 e. The molecule has 1 aromatic heterocycles. The van der Waals surface area contributed by atoms with E-state index in [-0.39, 0.29) is 23.6 Å². The molecule has 1 aromatic rings. The Bertz CT molecular complexity index is 544. The predicted molar refractivity (Wildman–Crippen MR) is 84.4 cm³/mol. The van der Waals surface area contributed by atoms with Gasteiger partial charge in [0.15, 0.2) is 0 Å². The van der Waals surface area contributed by atoms with Crippen LogP contribution >= 0.6 is 11.3 Å². The smallest absolute Gasteiger partial charge is 0.227 e. The van der Waals surface area contributed by atoms with Crippen molar-refractivity contribution in [1.82, 2.24) is 15.1 Å². The number of nitrogens with one attached hydrogen (secondary N) is 1. The summed E-state index contributed by atoms with van der Waals surface area (Å²) in [5.41, 5.74) is 0.985. The van der Waals surface area contributed by atoms with E-state index in [1.54, 1.807) is 28.2 Å². The van der Waals surface area contributed by atoms with Gasteiger partial charge in [-0.25, -0.2) is 0 Å². The van der Waals surface area contributed by atoms with E-state index in [2.05, 4.69) is 5.32 Å². The lowest BCUT2D eigenvalue weighted by Crippen LogP contribution is -2.42. The van der Waals surface area contributed by atoms with Crippen molar-refractivity contribution in [3.8, 4) is 0 Å². The predicted octanol–water partition coefficient (Wildman–Crippen LogP) is 0.344. The minimum atomic E-state index is -0.386. The highest BCUT2D eigenvalue weighted by Crippen LogP contribution is 2.14. The fraction of sp³-hybridized carbons (Fsp3) is 0.533. The Kier molecular flexibility index (Phi) is 5.54. The number of amides is 3. The van der Waals surface area contributed by atoms with Crippen molar-refractivity contribution in [1.29, 1.82) is 0 Å². The molecule has 0 unspecified atom stereocenters. The summed E-state index contributed by atoms with van der Waals surface area (Å²) in [4.78, 5) is 39.4. The second kappa shape index (κ2) is 7.40. The molecule has 1 N–H and O–H groups in total. The summed E-state index contributed by atoms with van der Waals surface area (Å²) in [5.74, 6) is -0.594. The Hall–Kier alpha value is -1.89. The van der Waals surface area contributed by atoms with Gasteiger partial charge in [0.2, 0.25) is 17.7 Å². The summed E-state index contributed by atoms with van der Waals surface area (Å²) >= 11 is 1.56. The number of rotatable bonds is 3. The van der Waals surface area contributed by atoms with Gasteiger partial charge in [-0.1, -0.05) is 0 Å². The molecule has 3 amide bonds. The van der Waals surface area contributed by atoms with E-state index in [1.807, 2.05) is 16.8 Å². The SMILES string of the molecule is CNC(=O)[C@H]1CN(C(C)=O)CCN(C(=O)Cc2ccsc2)C1. The molecule has 0 radical (unpaired) electrons. The lowest BCUT2D eigenvalue weighted by Gasteiger charge is -2.23. The van der Waals surface area contributed by atoms with Gasteiger partial charge in [0.25, 0.3) is 0 Å². The molecule has 0 saturated carbocycles. The van der Waals surface area contributed by atoms with E-state index in [4.69, 9.17) is 0 Å². The third kappa shape index (κ3) is 4.07. The molecule has 0 aliphatic carbocycles. The fourth-order valence-electron chi connectivity index (χ4n) is 2.58. The van der Waals surface area contributed by atoms with Gasteiger partial charge in [0.05, 0.1) is 12.3 Å². The maximum absolute atomic E-state index is 12.4. The second-order valence-electron chi connectivity index (χ2n) is 5.42. The van der Waals surface area contributed by atoms with E-state index >= 15 is 0 Å². The van der Waals surface area contributed by atoms with Crippen molar-refractivity contribution in [3.63, 3.8) is 0 Å². The van der Waals surface area contributed by atoms with Crippen molar-refractivity contribution < 1.29 is 14.4 Å². The highest BCUT2D eigenvalue weighted by molar-refractivity contribution is 7.08. The van der Waals surface area contributed by atoms with E-state index in [9.17, 15) is 14.4 Å². The van der Waals surface area contributed by atoms with Gasteiger partial charge in [-0.3, -0.25) is 14.4 Å². The van der Waals surface area contributed by atoms with Crippen LogP contribution in [0.3, 0.4) is 0 Å². The summed E-state index contributed by atoms with van der Waals surface area (Å²) in [6.45, 7) is 3.14. The molecule has 0 aromatic carbocycles. The molecule has 22 heavy (non-hydrogen) atoms. The number of nitrogens with zero attached hydrogens (tertiary/aromatic N) is 2. The first-order valence-electron chi connectivity index (χ1n) is 7.27. The third-order valence-electron chi connectivity index (χ3n) is 3.87. The second-order valence-corrected chi connectivity index (χ2v) is 6.20. The highest BCUT2D eigenvalue weighted by atomic mass is 32.1. The molecule has 1 aliphatic rings. The van der Waals surface area contributed by atoms with Crippen LogP contribution < -0.4 is 5.32 Å². The number of carbonyl (C=O) groups excluding carboxylic acids is 3. The zero-order chi connectivity index (χ0) is 16.1. The molecule has 1 aliphatic heterocycles. The zero-order valence-electron chi connectivity index (χ0n) is 12.9. The number of thiophene rings is 1. The van der Waals surface area contributed by atoms with Crippen LogP contribution in [0, 0.1) is 5.92 Å². The Morgan fingerprint density at radius 2 is 1.95 bits per heavy atom. The first-order chi connectivity index (χ1) is 10.5. The number of hydrogen-bond donors (Lipinski definition) is 1. The van der Waals surface area contributed by atoms with Gasteiger partial charge in [0.1, 0.15) is 0 Å². The van der Waals surface area contributed by atoms with Crippen LogP contribution in [0.4, 0.5) is 0 Å². The summed E-state index contributed by atoms with van der Waals surface area (Å²) < 4.78 is 0. The molecule has 2 heterocycles. The van der Waals surface area contributed by atoms with E-state index < -0.39 is 0 Å². The van der Waals surface area contributed by atoms with Crippen LogP contribution in [0.25, 0.3) is 0 Å². The lowest BCUT2D eigenvalue weighted by atomic mass is 10.1. The van der Waals surface area contributed by atoms with Crippen molar-refractivity contribution in [2.24, 2.45) is 5.92 Å². The molecule has 6 nitrogen and oxygen atoms in total. The van der Waals surface area contributed by atoms with Gasteiger partial charge in [-0.05, 0) is 22.4 Å². The van der Waals surface area contributed by atoms with Crippen LogP contribution in [0.5, 0.6) is 0 Å². The zero-order valence-corrected chi connectivity index (χ0v) is 13.7. The molecule has 1 atom stereocenters. The Balaban J connectivity index is 2.08. The standard InChI is InChI=1S/C15H21N3O3S/c1-11(19)17-4-5-18(9-13(8-17)15(21)16-2)14(20)7-12-3-6-22-10-12/h3,6,10,13H,4-5,7-9H2,1-2H3,(H,16,21)/t13-/m0/s1. The average molecular weight is 323 g/mol. The highest BCUT2D eigenvalue weighted by Gasteiger charge is 2.30. The molecule has 1 saturated heterocycles. The van der Waals surface area contributed by atoms with Crippen molar-refractivity contribution in [3.05, 3.63) is 22.4 Å². The van der Waals surface area contributed by atoms with E-state index in [1.165, 1.54) is 6.92 Å². The van der Waals surface area contributed by atoms with E-state index in [0.717, 1.165) is 5.56 Å². The molecule has 0 bridgehead atoms. The van der Waals surface area contributed by atoms with Crippen molar-refractivity contribution in [2.45, 2.75) is 13.3 Å². The molecule has 1 fully saturated rings. The fourth-order valence-corrected chi connectivity index (χ4v) is 3.24. The number of hydrogen-bond acceptors (Lipinski definition) is 4. The van der Waals surface area contributed by atoms with Crippen LogP contribution in [0.2, 0.25) is 0 Å². The van der Waals surface area contributed by atoms with Crippen LogP contribution in [-0.4, -0.2) is 60.7 Å². The van der Waals surface area contributed by atoms with Crippen LogP contribution in [-0.2, 0) is 20.8 Å². The van der Waals surface area contributed by atoms with Crippen LogP contribution in [0.1, 0.15) is 12.5 Å². The Morgan fingerprint density at radius 1 is 1.27 bits per heavy atom. The Labute approximate surface area is 134 Å². The molecule has 7 heteroatoms. The molecular formula is C15H21N3O3S. The van der Waals surface area contributed by atoms with Gasteiger partial charge >= 0.3 is 0 Å². The summed E-state index contributed by atoms with van der Waals surface area (Å²) in [6, 6.07) is 1.93. The monoisotopic (exact) mass is 323 g/mol. The van der Waals surface area contributed by atoms with Gasteiger partial charge in [-0.15, -0.1) is 0 Å². The van der Waals surface area contributed by atoms with Crippen LogP contribution in [0.15, 0.2) is 16.8 Å². The third-order valence-corrected chi connectivity index (χ3v) is 4.60. The Morgan fingerprint density at radius 3 is 2.55 bits per heavy atom. The summed E-state index contributed by atoms with van der Waals surface area (Å²) in [5, 5.41) is 6.51. The largest absolute Gasteiger partial charge is 0.359 e. The maximum atomic E-state index is 12.4. The van der Waals surface area contributed by atoms with Crippen molar-refractivity contribution >= 4 is 29.1 Å². The van der Waals surface area contributed by atoms with E-state index in [0.29, 0.717) is 32.6 Å². The number of carbonyl (C=O) groups is 3. The quantitative estimate of drug-likeness (QED) is 0.872. The lowest BCUT2D eigenvalue weighted by molar-refractivity contribution is -0.132. The molecular weight excluding hydrogens is 302 g/mol. The molecule has 120 valence electrons. The van der Waals surface area contributed by atoms with Gasteiger partial charge in [0, 0.05) is 40.2 Å². The first kappa shape index (κ1) is 16.5. The average Bonchev–Trinajstić information content (AvgIpc) is 2.88.